The minimum absolute atomic E-state index is 0.736. The molecule has 0 amide bonds. The number of hydrogen-bond acceptors (Lipinski definition) is 1. The van der Waals surface area contributed by atoms with Crippen LogP contribution in [0.3, 0.4) is 0 Å². The van der Waals surface area contributed by atoms with Crippen molar-refractivity contribution in [3.05, 3.63) is 0 Å². The van der Waals surface area contributed by atoms with Crippen LogP contribution in [0.4, 0.5) is 8.78 Å². The molecular formula is C4H10F2OSi2. The normalized spacial score (nSPS) is 31.7. The first-order valence-corrected chi connectivity index (χ1v) is 8.49. The molecule has 0 aromatic carbocycles. The molecule has 1 atom stereocenters. The Balaban J connectivity index is 2.23. The number of hydrogen-bond donors (Lipinski definition) is 0. The zero-order chi connectivity index (χ0) is 6.69. The minimum atomic E-state index is -1.99. The third-order valence-corrected chi connectivity index (χ3v) is 8.65. The highest BCUT2D eigenvalue weighted by molar-refractivity contribution is 7.10. The largest absolute Gasteiger partial charge is 0.427 e. The SMILES string of the molecule is FC(F)[SiH]1CCCO[SiH2]1. The highest BCUT2D eigenvalue weighted by atomic mass is 29.2. The van der Waals surface area contributed by atoms with Crippen LogP contribution in [0.25, 0.3) is 0 Å². The van der Waals surface area contributed by atoms with Gasteiger partial charge in [0.1, 0.15) is 8.31 Å². The van der Waals surface area contributed by atoms with Gasteiger partial charge in [-0.3, -0.25) is 0 Å². The second-order valence-corrected chi connectivity index (χ2v) is 9.80. The van der Waals surface area contributed by atoms with Crippen LogP contribution in [0.5, 0.6) is 0 Å². The van der Waals surface area contributed by atoms with Crippen LogP contribution in [0.2, 0.25) is 6.04 Å². The molecule has 0 aromatic heterocycles. The number of rotatable bonds is 1. The molecule has 1 unspecified atom stereocenters. The van der Waals surface area contributed by atoms with E-state index < -0.39 is 23.6 Å². The van der Waals surface area contributed by atoms with Crippen molar-refractivity contribution in [2.75, 3.05) is 6.61 Å². The standard InChI is InChI=1S/C4H10F2OSi2/c5-4(6)9-3-1-2-7-8-9/h4,9H,1-3,8H2. The van der Waals surface area contributed by atoms with Crippen molar-refractivity contribution < 1.29 is 13.2 Å². The van der Waals surface area contributed by atoms with Crippen LogP contribution < -0.4 is 0 Å². The number of alkyl halides is 2. The van der Waals surface area contributed by atoms with E-state index in [1.165, 1.54) is 0 Å². The van der Waals surface area contributed by atoms with Crippen molar-refractivity contribution in [1.29, 1.82) is 0 Å². The van der Waals surface area contributed by atoms with Crippen molar-refractivity contribution >= 4 is 17.6 Å². The second-order valence-electron chi connectivity index (χ2n) is 2.31. The summed E-state index contributed by atoms with van der Waals surface area (Å²) < 4.78 is 28.9. The first kappa shape index (κ1) is 7.36. The van der Waals surface area contributed by atoms with Crippen LogP contribution in [0, 0.1) is 0 Å². The van der Waals surface area contributed by atoms with Gasteiger partial charge in [0, 0.05) is 6.61 Å². The van der Waals surface area contributed by atoms with Gasteiger partial charge >= 0.3 is 0 Å². The lowest BCUT2D eigenvalue weighted by atomic mass is 10.5. The summed E-state index contributed by atoms with van der Waals surface area (Å²) in [6.45, 7) is 0.752. The van der Waals surface area contributed by atoms with Gasteiger partial charge in [0.25, 0.3) is 0 Å². The molecule has 0 saturated carbocycles. The van der Waals surface area contributed by atoms with E-state index in [9.17, 15) is 8.78 Å². The van der Waals surface area contributed by atoms with Crippen molar-refractivity contribution in [3.63, 3.8) is 0 Å². The molecule has 1 nitrogen and oxygen atoms in total. The molecular weight excluding hydrogens is 158 g/mol. The van der Waals surface area contributed by atoms with Gasteiger partial charge in [-0.15, -0.1) is 0 Å². The average molecular weight is 168 g/mol. The van der Waals surface area contributed by atoms with Crippen LogP contribution in [-0.4, -0.2) is 30.3 Å². The Morgan fingerprint density at radius 3 is 2.67 bits per heavy atom. The Bertz CT molecular complexity index is 84.6. The summed E-state index contributed by atoms with van der Waals surface area (Å²) in [5.41, 5.74) is 0. The molecule has 0 aliphatic carbocycles. The zero-order valence-corrected chi connectivity index (χ0v) is 7.72. The molecule has 1 heterocycles. The van der Waals surface area contributed by atoms with Gasteiger partial charge < -0.3 is 4.43 Å². The maximum atomic E-state index is 11.9. The van der Waals surface area contributed by atoms with E-state index in [1.54, 1.807) is 0 Å². The maximum Gasteiger partial charge on any atom is 0.217 e. The van der Waals surface area contributed by atoms with E-state index in [-0.39, 0.29) is 0 Å². The third-order valence-electron chi connectivity index (χ3n) is 1.55. The summed E-state index contributed by atoms with van der Waals surface area (Å²) >= 11 is 0. The van der Waals surface area contributed by atoms with Crippen molar-refractivity contribution in [2.24, 2.45) is 0 Å². The Morgan fingerprint density at radius 2 is 2.33 bits per heavy atom. The molecule has 1 saturated heterocycles. The first-order chi connectivity index (χ1) is 4.30. The molecule has 1 rings (SSSR count). The molecule has 1 aliphatic heterocycles. The molecule has 0 radical (unpaired) electrons. The fourth-order valence-corrected chi connectivity index (χ4v) is 6.10. The second kappa shape index (κ2) is 3.43. The lowest BCUT2D eigenvalue weighted by molar-refractivity contribution is 0.229. The van der Waals surface area contributed by atoms with Gasteiger partial charge in [0.05, 0.1) is 0 Å². The molecule has 1 aliphatic rings. The van der Waals surface area contributed by atoms with Gasteiger partial charge in [-0.1, -0.05) is 6.04 Å². The van der Waals surface area contributed by atoms with E-state index in [0.717, 1.165) is 19.1 Å². The third kappa shape index (κ3) is 2.15. The fraction of sp³-hybridized carbons (Fsp3) is 1.00. The molecule has 0 N–H and O–H groups in total. The predicted molar refractivity (Wildman–Crippen MR) is 37.1 cm³/mol. The quantitative estimate of drug-likeness (QED) is 0.502. The summed E-state index contributed by atoms with van der Waals surface area (Å²) in [4.78, 5) is 0. The van der Waals surface area contributed by atoms with Gasteiger partial charge in [-0.05, 0) is 6.42 Å². The first-order valence-electron chi connectivity index (χ1n) is 3.16. The van der Waals surface area contributed by atoms with E-state index in [4.69, 9.17) is 4.43 Å². The summed E-state index contributed by atoms with van der Waals surface area (Å²) in [5.74, 6) is 0. The zero-order valence-electron chi connectivity index (χ0n) is 5.15. The van der Waals surface area contributed by atoms with E-state index >= 15 is 0 Å². The molecule has 9 heavy (non-hydrogen) atoms. The summed E-state index contributed by atoms with van der Waals surface area (Å²) in [7, 11) is -2.35. The summed E-state index contributed by atoms with van der Waals surface area (Å²) in [5, 5.41) is 0. The monoisotopic (exact) mass is 168 g/mol. The summed E-state index contributed by atoms with van der Waals surface area (Å²) in [6.07, 6.45) is 0.883. The Morgan fingerprint density at radius 1 is 1.56 bits per heavy atom. The fourth-order valence-electron chi connectivity index (χ4n) is 0.964. The van der Waals surface area contributed by atoms with Crippen LogP contribution in [0.15, 0.2) is 0 Å². The topological polar surface area (TPSA) is 9.23 Å². The van der Waals surface area contributed by atoms with Crippen LogP contribution >= 0.6 is 0 Å². The van der Waals surface area contributed by atoms with Crippen molar-refractivity contribution in [3.8, 4) is 0 Å². The average Bonchev–Trinajstić information content (AvgIpc) is 1.90. The molecule has 0 spiro atoms. The summed E-state index contributed by atoms with van der Waals surface area (Å²) in [6, 6.07) is -1.17. The van der Waals surface area contributed by atoms with Crippen LogP contribution in [0.1, 0.15) is 6.42 Å². The Labute approximate surface area is 56.7 Å². The lowest BCUT2D eigenvalue weighted by Crippen LogP contribution is -2.36. The van der Waals surface area contributed by atoms with Crippen molar-refractivity contribution in [1.82, 2.24) is 0 Å². The minimum Gasteiger partial charge on any atom is -0.427 e. The van der Waals surface area contributed by atoms with Gasteiger partial charge in [-0.2, -0.15) is 0 Å². The van der Waals surface area contributed by atoms with Gasteiger partial charge in [-0.25, -0.2) is 8.78 Å². The van der Waals surface area contributed by atoms with Gasteiger partial charge in [0.15, 0.2) is 9.28 Å². The lowest BCUT2D eigenvalue weighted by Gasteiger charge is -2.18. The van der Waals surface area contributed by atoms with Gasteiger partial charge in [0.2, 0.25) is 6.05 Å². The molecule has 0 bridgehead atoms. The van der Waals surface area contributed by atoms with E-state index in [1.807, 2.05) is 0 Å². The molecule has 54 valence electrons. The smallest absolute Gasteiger partial charge is 0.217 e. The van der Waals surface area contributed by atoms with E-state index in [2.05, 4.69) is 0 Å². The van der Waals surface area contributed by atoms with Crippen molar-refractivity contribution in [2.45, 2.75) is 18.5 Å². The maximum absolute atomic E-state index is 11.9. The Hall–Kier alpha value is 0.254. The molecule has 1 fully saturated rings. The molecule has 0 aromatic rings. The molecule has 5 heteroatoms. The highest BCUT2D eigenvalue weighted by Gasteiger charge is 2.25. The highest BCUT2D eigenvalue weighted by Crippen LogP contribution is 2.10. The van der Waals surface area contributed by atoms with Crippen LogP contribution in [-0.2, 0) is 4.43 Å². The Kier molecular flexibility index (Phi) is 2.80. The van der Waals surface area contributed by atoms with E-state index in [0.29, 0.717) is 0 Å². The number of halogens is 2. The predicted octanol–water partition coefficient (Wildman–Crippen LogP) is 0.0186.